The first-order chi connectivity index (χ1) is 9.04. The molecule has 0 spiro atoms. The molecule has 0 radical (unpaired) electrons. The van der Waals surface area contributed by atoms with E-state index < -0.39 is 18.0 Å². The summed E-state index contributed by atoms with van der Waals surface area (Å²) >= 11 is 0. The van der Waals surface area contributed by atoms with Crippen LogP contribution in [0.4, 0.5) is 4.79 Å². The number of carboxylic acids is 1. The number of unbranched alkanes of at least 4 members (excludes halogenated alkanes) is 1. The van der Waals surface area contributed by atoms with Crippen LogP contribution in [0.2, 0.25) is 0 Å². The minimum atomic E-state index is -1.03. The highest BCUT2D eigenvalue weighted by Crippen LogP contribution is 2.04. The van der Waals surface area contributed by atoms with Gasteiger partial charge < -0.3 is 15.7 Å². The zero-order valence-corrected chi connectivity index (χ0v) is 11.0. The van der Waals surface area contributed by atoms with E-state index >= 15 is 0 Å². The van der Waals surface area contributed by atoms with Crippen LogP contribution in [0.15, 0.2) is 6.33 Å². The van der Waals surface area contributed by atoms with Crippen LogP contribution in [-0.4, -0.2) is 38.3 Å². The zero-order valence-electron chi connectivity index (χ0n) is 11.0. The van der Waals surface area contributed by atoms with E-state index in [0.29, 0.717) is 12.2 Å². The lowest BCUT2D eigenvalue weighted by atomic mass is 10.1. The molecule has 19 heavy (non-hydrogen) atoms. The van der Waals surface area contributed by atoms with Gasteiger partial charge in [0.05, 0.1) is 6.04 Å². The van der Waals surface area contributed by atoms with Crippen LogP contribution in [0.1, 0.15) is 45.0 Å². The Morgan fingerprint density at radius 2 is 2.21 bits per heavy atom. The molecule has 2 amide bonds. The van der Waals surface area contributed by atoms with Crippen LogP contribution < -0.4 is 10.6 Å². The summed E-state index contributed by atoms with van der Waals surface area (Å²) in [6, 6.07) is -1.78. The Labute approximate surface area is 111 Å². The quantitative estimate of drug-likeness (QED) is 0.583. The van der Waals surface area contributed by atoms with E-state index in [1.807, 2.05) is 6.92 Å². The maximum absolute atomic E-state index is 11.7. The van der Waals surface area contributed by atoms with E-state index in [2.05, 4.69) is 25.8 Å². The lowest BCUT2D eigenvalue weighted by molar-refractivity contribution is -0.139. The van der Waals surface area contributed by atoms with E-state index in [1.54, 1.807) is 6.92 Å². The monoisotopic (exact) mass is 269 g/mol. The predicted molar refractivity (Wildman–Crippen MR) is 67.4 cm³/mol. The van der Waals surface area contributed by atoms with Crippen molar-refractivity contribution in [1.29, 1.82) is 0 Å². The van der Waals surface area contributed by atoms with Crippen LogP contribution in [0.25, 0.3) is 0 Å². The normalized spacial score (nSPS) is 13.6. The van der Waals surface area contributed by atoms with Crippen molar-refractivity contribution in [2.75, 3.05) is 0 Å². The van der Waals surface area contributed by atoms with Crippen molar-refractivity contribution in [1.82, 2.24) is 25.8 Å². The van der Waals surface area contributed by atoms with Crippen LogP contribution in [0.5, 0.6) is 0 Å². The number of carboxylic acid groups (broad SMARTS) is 1. The molecule has 8 heteroatoms. The molecule has 0 aliphatic rings. The first kappa shape index (κ1) is 14.9. The molecule has 8 nitrogen and oxygen atoms in total. The summed E-state index contributed by atoms with van der Waals surface area (Å²) in [7, 11) is 0. The fourth-order valence-corrected chi connectivity index (χ4v) is 1.55. The Balaban J connectivity index is 2.46. The lowest BCUT2D eigenvalue weighted by Crippen LogP contribution is -2.46. The van der Waals surface area contributed by atoms with Crippen molar-refractivity contribution in [3.63, 3.8) is 0 Å². The Hall–Kier alpha value is -2.12. The molecule has 0 aliphatic heterocycles. The number of urea groups is 1. The van der Waals surface area contributed by atoms with Gasteiger partial charge in [0, 0.05) is 0 Å². The van der Waals surface area contributed by atoms with Gasteiger partial charge in [-0.1, -0.05) is 19.8 Å². The highest BCUT2D eigenvalue weighted by Gasteiger charge is 2.20. The highest BCUT2D eigenvalue weighted by atomic mass is 16.4. The Kier molecular flexibility index (Phi) is 5.77. The smallest absolute Gasteiger partial charge is 0.326 e. The van der Waals surface area contributed by atoms with Crippen molar-refractivity contribution in [3.05, 3.63) is 12.2 Å². The van der Waals surface area contributed by atoms with Gasteiger partial charge in [0.15, 0.2) is 0 Å². The summed E-state index contributed by atoms with van der Waals surface area (Å²) < 4.78 is 0. The average Bonchev–Trinajstić information content (AvgIpc) is 2.87. The third-order valence-electron chi connectivity index (χ3n) is 2.64. The van der Waals surface area contributed by atoms with Gasteiger partial charge in [0.25, 0.3) is 0 Å². The fourth-order valence-electron chi connectivity index (χ4n) is 1.55. The summed E-state index contributed by atoms with van der Waals surface area (Å²) in [4.78, 5) is 26.6. The molecule has 0 saturated carbocycles. The van der Waals surface area contributed by atoms with Gasteiger partial charge >= 0.3 is 12.0 Å². The number of carbonyl (C=O) groups excluding carboxylic acids is 1. The molecule has 0 fully saturated rings. The molecule has 1 heterocycles. The van der Waals surface area contributed by atoms with Gasteiger partial charge in [0.1, 0.15) is 18.2 Å². The van der Waals surface area contributed by atoms with E-state index in [9.17, 15) is 9.59 Å². The third-order valence-corrected chi connectivity index (χ3v) is 2.64. The molecule has 0 saturated heterocycles. The number of aliphatic carboxylic acids is 1. The van der Waals surface area contributed by atoms with E-state index in [-0.39, 0.29) is 6.04 Å². The number of carbonyl (C=O) groups is 2. The molecule has 0 bridgehead atoms. The Morgan fingerprint density at radius 1 is 1.47 bits per heavy atom. The molecular formula is C11H19N5O3. The number of aromatic nitrogens is 3. The summed E-state index contributed by atoms with van der Waals surface area (Å²) in [5, 5.41) is 20.3. The SMILES string of the molecule is CCCC[C@H](NC(=O)NC(C)c1ncn[nH]1)C(=O)O. The number of nitrogens with one attached hydrogen (secondary N) is 3. The summed E-state index contributed by atoms with van der Waals surface area (Å²) in [6.07, 6.45) is 3.37. The van der Waals surface area contributed by atoms with Gasteiger partial charge in [0.2, 0.25) is 0 Å². The van der Waals surface area contributed by atoms with Gasteiger partial charge in [-0.3, -0.25) is 5.10 Å². The molecule has 1 unspecified atom stereocenters. The average molecular weight is 269 g/mol. The van der Waals surface area contributed by atoms with Crippen LogP contribution in [-0.2, 0) is 4.79 Å². The zero-order chi connectivity index (χ0) is 14.3. The van der Waals surface area contributed by atoms with Crippen LogP contribution in [0, 0.1) is 0 Å². The molecule has 4 N–H and O–H groups in total. The van der Waals surface area contributed by atoms with Gasteiger partial charge in [-0.2, -0.15) is 5.10 Å². The highest BCUT2D eigenvalue weighted by molar-refractivity contribution is 5.82. The second-order valence-corrected chi connectivity index (χ2v) is 4.24. The first-order valence-electron chi connectivity index (χ1n) is 6.19. The van der Waals surface area contributed by atoms with Crippen LogP contribution in [0.3, 0.4) is 0 Å². The second-order valence-electron chi connectivity index (χ2n) is 4.24. The van der Waals surface area contributed by atoms with Crippen molar-refractivity contribution in [2.24, 2.45) is 0 Å². The molecule has 2 atom stereocenters. The molecule has 0 aliphatic carbocycles. The predicted octanol–water partition coefficient (Wildman–Crippen LogP) is 0.808. The fraction of sp³-hybridized carbons (Fsp3) is 0.636. The molecule has 1 aromatic heterocycles. The van der Waals surface area contributed by atoms with E-state index in [4.69, 9.17) is 5.11 Å². The maximum atomic E-state index is 11.7. The van der Waals surface area contributed by atoms with Gasteiger partial charge in [-0.15, -0.1) is 0 Å². The maximum Gasteiger partial charge on any atom is 0.326 e. The van der Waals surface area contributed by atoms with Crippen molar-refractivity contribution < 1.29 is 14.7 Å². The molecule has 106 valence electrons. The third kappa shape index (κ3) is 4.94. The number of hydrogen-bond donors (Lipinski definition) is 4. The number of amides is 2. The number of aromatic amines is 1. The summed E-state index contributed by atoms with van der Waals surface area (Å²) in [6.45, 7) is 3.69. The first-order valence-corrected chi connectivity index (χ1v) is 6.19. The molecule has 1 aromatic rings. The van der Waals surface area contributed by atoms with Crippen LogP contribution >= 0.6 is 0 Å². The summed E-state index contributed by atoms with van der Waals surface area (Å²) in [5.74, 6) is -0.522. The largest absolute Gasteiger partial charge is 0.480 e. The lowest BCUT2D eigenvalue weighted by Gasteiger charge is -2.17. The van der Waals surface area contributed by atoms with E-state index in [0.717, 1.165) is 12.8 Å². The Morgan fingerprint density at radius 3 is 2.74 bits per heavy atom. The van der Waals surface area contributed by atoms with Crippen molar-refractivity contribution in [2.45, 2.75) is 45.2 Å². The summed E-state index contributed by atoms with van der Waals surface area (Å²) in [5.41, 5.74) is 0. The number of rotatable bonds is 7. The number of hydrogen-bond acceptors (Lipinski definition) is 4. The van der Waals surface area contributed by atoms with Crippen molar-refractivity contribution >= 4 is 12.0 Å². The standard InChI is InChI=1S/C11H19N5O3/c1-3-4-5-8(10(17)18)15-11(19)14-7(2)9-12-6-13-16-9/h6-8H,3-5H2,1-2H3,(H,17,18)(H,12,13,16)(H2,14,15,19)/t7?,8-/m0/s1. The topological polar surface area (TPSA) is 120 Å². The van der Waals surface area contributed by atoms with Crippen molar-refractivity contribution in [3.8, 4) is 0 Å². The van der Waals surface area contributed by atoms with E-state index in [1.165, 1.54) is 6.33 Å². The molecule has 1 rings (SSSR count). The molecular weight excluding hydrogens is 250 g/mol. The number of H-pyrrole nitrogens is 1. The molecule has 0 aromatic carbocycles. The van der Waals surface area contributed by atoms with Gasteiger partial charge in [-0.05, 0) is 13.3 Å². The second kappa shape index (κ2) is 7.34. The minimum absolute atomic E-state index is 0.372. The number of nitrogens with zero attached hydrogens (tertiary/aromatic N) is 2. The Bertz CT molecular complexity index is 406. The minimum Gasteiger partial charge on any atom is -0.480 e. The van der Waals surface area contributed by atoms with Gasteiger partial charge in [-0.25, -0.2) is 14.6 Å².